The summed E-state index contributed by atoms with van der Waals surface area (Å²) in [5.41, 5.74) is 1.55. The molecule has 2 atom stereocenters. The van der Waals surface area contributed by atoms with Gasteiger partial charge in [-0.15, -0.1) is 0 Å². The summed E-state index contributed by atoms with van der Waals surface area (Å²) in [5, 5.41) is 3.68. The van der Waals surface area contributed by atoms with Crippen LogP contribution < -0.4 is 10.1 Å². The number of nitrogens with zero attached hydrogens (tertiary/aromatic N) is 1. The highest BCUT2D eigenvalue weighted by molar-refractivity contribution is 5.37. The van der Waals surface area contributed by atoms with Gasteiger partial charge in [-0.05, 0) is 31.4 Å². The topological polar surface area (TPSA) is 24.5 Å². The van der Waals surface area contributed by atoms with Gasteiger partial charge in [0.2, 0.25) is 0 Å². The summed E-state index contributed by atoms with van der Waals surface area (Å²) in [6.45, 7) is 12.4. The number of ether oxygens (including phenoxy) is 1. The molecule has 3 heteroatoms. The molecule has 116 valence electrons. The van der Waals surface area contributed by atoms with Crippen molar-refractivity contribution < 1.29 is 4.74 Å². The van der Waals surface area contributed by atoms with Gasteiger partial charge >= 0.3 is 0 Å². The highest BCUT2D eigenvalue weighted by Gasteiger charge is 2.36. The lowest BCUT2D eigenvalue weighted by molar-refractivity contribution is 0.0387. The number of nitrogens with one attached hydrogen (secondary N) is 1. The summed E-state index contributed by atoms with van der Waals surface area (Å²) >= 11 is 0. The molecular formula is C18H28N2O. The Balaban J connectivity index is 1.68. The summed E-state index contributed by atoms with van der Waals surface area (Å²) in [6.07, 6.45) is 1.35. The molecule has 0 aliphatic carbocycles. The normalized spacial score (nSPS) is 28.4. The van der Waals surface area contributed by atoms with Crippen molar-refractivity contribution in [3.8, 4) is 5.75 Å². The zero-order chi connectivity index (χ0) is 15.0. The van der Waals surface area contributed by atoms with Crippen molar-refractivity contribution >= 4 is 0 Å². The van der Waals surface area contributed by atoms with Gasteiger partial charge in [0, 0.05) is 37.6 Å². The van der Waals surface area contributed by atoms with Gasteiger partial charge in [-0.3, -0.25) is 4.90 Å². The fourth-order valence-corrected chi connectivity index (χ4v) is 3.67. The highest BCUT2D eigenvalue weighted by Crippen LogP contribution is 2.30. The standard InChI is InChI=1S/C18H28N2O/c1-13(2)16-10-19-18(3,4)12-20(16)11-15-9-14-7-5-6-8-17(14)21-15/h5-8,13,15-16,19H,9-12H2,1-4H3. The van der Waals surface area contributed by atoms with Crippen molar-refractivity contribution in [3.63, 3.8) is 0 Å². The Morgan fingerprint density at radius 2 is 2.10 bits per heavy atom. The van der Waals surface area contributed by atoms with Gasteiger partial charge in [0.25, 0.3) is 0 Å². The number of benzene rings is 1. The van der Waals surface area contributed by atoms with Crippen LogP contribution in [0.15, 0.2) is 24.3 Å². The van der Waals surface area contributed by atoms with Crippen LogP contribution in [0.2, 0.25) is 0 Å². The summed E-state index contributed by atoms with van der Waals surface area (Å²) in [7, 11) is 0. The number of hydrogen-bond donors (Lipinski definition) is 1. The van der Waals surface area contributed by atoms with Gasteiger partial charge in [0.1, 0.15) is 11.9 Å². The van der Waals surface area contributed by atoms with E-state index in [-0.39, 0.29) is 5.54 Å². The first-order chi connectivity index (χ1) is 9.94. The molecule has 21 heavy (non-hydrogen) atoms. The van der Waals surface area contributed by atoms with E-state index in [1.807, 2.05) is 0 Å². The van der Waals surface area contributed by atoms with E-state index in [0.29, 0.717) is 18.1 Å². The molecule has 0 spiro atoms. The monoisotopic (exact) mass is 288 g/mol. The second-order valence-electron chi connectivity index (χ2n) is 7.56. The summed E-state index contributed by atoms with van der Waals surface area (Å²) < 4.78 is 6.14. The van der Waals surface area contributed by atoms with E-state index in [1.54, 1.807) is 0 Å². The zero-order valence-corrected chi connectivity index (χ0v) is 13.7. The van der Waals surface area contributed by atoms with E-state index in [2.05, 4.69) is 62.2 Å². The van der Waals surface area contributed by atoms with Crippen LogP contribution in [0, 0.1) is 5.92 Å². The van der Waals surface area contributed by atoms with Gasteiger partial charge < -0.3 is 10.1 Å². The zero-order valence-electron chi connectivity index (χ0n) is 13.7. The number of hydrogen-bond acceptors (Lipinski definition) is 3. The first-order valence-corrected chi connectivity index (χ1v) is 8.18. The van der Waals surface area contributed by atoms with E-state index >= 15 is 0 Å². The molecule has 0 bridgehead atoms. The summed E-state index contributed by atoms with van der Waals surface area (Å²) in [5.74, 6) is 1.75. The van der Waals surface area contributed by atoms with Crippen LogP contribution in [0.3, 0.4) is 0 Å². The Morgan fingerprint density at radius 3 is 2.81 bits per heavy atom. The van der Waals surface area contributed by atoms with Crippen LogP contribution in [-0.2, 0) is 6.42 Å². The number of piperazine rings is 1. The third-order valence-electron chi connectivity index (χ3n) is 4.78. The predicted molar refractivity (Wildman–Crippen MR) is 86.8 cm³/mol. The summed E-state index contributed by atoms with van der Waals surface area (Å²) in [4.78, 5) is 2.64. The molecule has 0 amide bonds. The van der Waals surface area contributed by atoms with Gasteiger partial charge in [0.05, 0.1) is 0 Å². The van der Waals surface area contributed by atoms with Gasteiger partial charge in [0.15, 0.2) is 0 Å². The van der Waals surface area contributed by atoms with E-state index in [9.17, 15) is 0 Å². The van der Waals surface area contributed by atoms with Crippen molar-refractivity contribution in [2.75, 3.05) is 19.6 Å². The van der Waals surface area contributed by atoms with E-state index < -0.39 is 0 Å². The molecule has 2 heterocycles. The van der Waals surface area contributed by atoms with Crippen molar-refractivity contribution in [2.45, 2.75) is 51.8 Å². The van der Waals surface area contributed by atoms with Crippen LogP contribution in [0.5, 0.6) is 5.75 Å². The Kier molecular flexibility index (Phi) is 3.98. The largest absolute Gasteiger partial charge is 0.488 e. The van der Waals surface area contributed by atoms with Gasteiger partial charge in [-0.1, -0.05) is 32.0 Å². The Bertz CT molecular complexity index is 473. The lowest BCUT2D eigenvalue weighted by Crippen LogP contribution is -2.64. The third-order valence-corrected chi connectivity index (χ3v) is 4.78. The SMILES string of the molecule is CC(C)C1CNC(C)(C)CN1CC1Cc2ccccc2O1. The van der Waals surface area contributed by atoms with Crippen LogP contribution in [-0.4, -0.2) is 42.2 Å². The maximum Gasteiger partial charge on any atom is 0.123 e. The maximum atomic E-state index is 6.14. The molecule has 1 aromatic carbocycles. The molecule has 2 aliphatic rings. The second-order valence-corrected chi connectivity index (χ2v) is 7.56. The Morgan fingerprint density at radius 1 is 1.33 bits per heavy atom. The van der Waals surface area contributed by atoms with E-state index in [1.165, 1.54) is 5.56 Å². The molecule has 3 nitrogen and oxygen atoms in total. The lowest BCUT2D eigenvalue weighted by atomic mass is 9.92. The fraction of sp³-hybridized carbons (Fsp3) is 0.667. The first kappa shape index (κ1) is 14.9. The van der Waals surface area contributed by atoms with Gasteiger partial charge in [-0.2, -0.15) is 0 Å². The van der Waals surface area contributed by atoms with Crippen molar-refractivity contribution in [1.82, 2.24) is 10.2 Å². The van der Waals surface area contributed by atoms with Crippen molar-refractivity contribution in [2.24, 2.45) is 5.92 Å². The van der Waals surface area contributed by atoms with Gasteiger partial charge in [-0.25, -0.2) is 0 Å². The highest BCUT2D eigenvalue weighted by atomic mass is 16.5. The molecule has 2 unspecified atom stereocenters. The Labute approximate surface area is 128 Å². The molecule has 0 radical (unpaired) electrons. The average Bonchev–Trinajstić information content (AvgIpc) is 2.79. The van der Waals surface area contributed by atoms with Crippen LogP contribution in [0.25, 0.3) is 0 Å². The molecule has 1 aromatic rings. The summed E-state index contributed by atoms with van der Waals surface area (Å²) in [6, 6.07) is 9.06. The molecule has 3 rings (SSSR count). The van der Waals surface area contributed by atoms with Crippen molar-refractivity contribution in [1.29, 1.82) is 0 Å². The lowest BCUT2D eigenvalue weighted by Gasteiger charge is -2.46. The Hall–Kier alpha value is -1.06. The molecule has 0 aromatic heterocycles. The van der Waals surface area contributed by atoms with Crippen LogP contribution >= 0.6 is 0 Å². The van der Waals surface area contributed by atoms with E-state index in [0.717, 1.165) is 31.8 Å². The predicted octanol–water partition coefficient (Wildman–Crippen LogP) is 2.70. The van der Waals surface area contributed by atoms with Crippen LogP contribution in [0.1, 0.15) is 33.3 Å². The third kappa shape index (κ3) is 3.24. The maximum absolute atomic E-state index is 6.14. The molecular weight excluding hydrogens is 260 g/mol. The molecule has 1 saturated heterocycles. The van der Waals surface area contributed by atoms with E-state index in [4.69, 9.17) is 4.74 Å². The first-order valence-electron chi connectivity index (χ1n) is 8.18. The molecule has 2 aliphatic heterocycles. The molecule has 1 N–H and O–H groups in total. The molecule has 1 fully saturated rings. The minimum atomic E-state index is 0.191. The number of para-hydroxylation sites is 1. The van der Waals surface area contributed by atoms with Crippen molar-refractivity contribution in [3.05, 3.63) is 29.8 Å². The minimum absolute atomic E-state index is 0.191. The fourth-order valence-electron chi connectivity index (χ4n) is 3.67. The average molecular weight is 288 g/mol. The second kappa shape index (κ2) is 5.62. The quantitative estimate of drug-likeness (QED) is 0.925. The van der Waals surface area contributed by atoms with Crippen LogP contribution in [0.4, 0.5) is 0 Å². The minimum Gasteiger partial charge on any atom is -0.488 e. The molecule has 0 saturated carbocycles. The smallest absolute Gasteiger partial charge is 0.123 e. The number of rotatable bonds is 3. The number of fused-ring (bicyclic) bond motifs is 1.